The summed E-state index contributed by atoms with van der Waals surface area (Å²) in [7, 11) is 0. The van der Waals surface area contributed by atoms with Gasteiger partial charge in [-0.3, -0.25) is 0 Å². The largest absolute Gasteiger partial charge is 0.352 e. The van der Waals surface area contributed by atoms with E-state index in [-0.39, 0.29) is 0 Å². The van der Waals surface area contributed by atoms with Gasteiger partial charge in [0.05, 0.1) is 6.04 Å². The van der Waals surface area contributed by atoms with E-state index in [0.717, 1.165) is 12.8 Å². The Morgan fingerprint density at radius 1 is 0.944 bits per heavy atom. The fraction of sp³-hybridized carbons (Fsp3) is 0.667. The average molecular weight is 258 g/mol. The molecule has 0 radical (unpaired) electrons. The number of hydrogen-bond donors (Lipinski definition) is 6. The molecule has 1 atom stereocenters. The Morgan fingerprint density at radius 2 is 1.50 bits per heavy atom. The van der Waals surface area contributed by atoms with Crippen LogP contribution in [0.25, 0.3) is 0 Å². The Morgan fingerprint density at radius 3 is 1.94 bits per heavy atom. The van der Waals surface area contributed by atoms with Crippen LogP contribution in [-0.4, -0.2) is 29.8 Å². The van der Waals surface area contributed by atoms with E-state index < -0.39 is 29.8 Å². The standard InChI is InChI=1S/C9H18N6O3/c10-6(16)13-5-3-1-2-4-9(5,14-7(11)17)15-8(12)18/h5H,1-4H2,(H3,10,13,16)(H3,11,14,17)(H3,12,15,18). The van der Waals surface area contributed by atoms with Crippen LogP contribution in [0.5, 0.6) is 0 Å². The van der Waals surface area contributed by atoms with Gasteiger partial charge in [0.2, 0.25) is 0 Å². The van der Waals surface area contributed by atoms with E-state index in [1.54, 1.807) is 0 Å². The number of amides is 6. The van der Waals surface area contributed by atoms with Crippen molar-refractivity contribution in [3.05, 3.63) is 0 Å². The van der Waals surface area contributed by atoms with E-state index in [1.165, 1.54) is 0 Å². The summed E-state index contributed by atoms with van der Waals surface area (Å²) < 4.78 is 0. The summed E-state index contributed by atoms with van der Waals surface area (Å²) in [5.41, 5.74) is 14.1. The smallest absolute Gasteiger partial charge is 0.314 e. The predicted molar refractivity (Wildman–Crippen MR) is 63.1 cm³/mol. The molecule has 0 spiro atoms. The number of primary amides is 3. The second-order valence-corrected chi connectivity index (χ2v) is 4.26. The Bertz CT molecular complexity index is 342. The second kappa shape index (κ2) is 5.43. The topological polar surface area (TPSA) is 165 Å². The molecule has 1 saturated carbocycles. The molecule has 6 amide bonds. The molecule has 1 fully saturated rings. The van der Waals surface area contributed by atoms with Gasteiger partial charge in [-0.05, 0) is 19.3 Å². The van der Waals surface area contributed by atoms with Gasteiger partial charge < -0.3 is 33.2 Å². The van der Waals surface area contributed by atoms with Crippen molar-refractivity contribution in [2.45, 2.75) is 37.4 Å². The first-order valence-electron chi connectivity index (χ1n) is 5.57. The number of nitrogens with one attached hydrogen (secondary N) is 3. The minimum Gasteiger partial charge on any atom is -0.352 e. The highest BCUT2D eigenvalue weighted by Crippen LogP contribution is 2.26. The van der Waals surface area contributed by atoms with Crippen LogP contribution in [-0.2, 0) is 0 Å². The van der Waals surface area contributed by atoms with Crippen LogP contribution in [0.1, 0.15) is 25.7 Å². The van der Waals surface area contributed by atoms with Crippen LogP contribution in [0.15, 0.2) is 0 Å². The molecule has 18 heavy (non-hydrogen) atoms. The molecule has 0 bridgehead atoms. The zero-order chi connectivity index (χ0) is 13.8. The second-order valence-electron chi connectivity index (χ2n) is 4.26. The highest BCUT2D eigenvalue weighted by Gasteiger charge is 2.43. The summed E-state index contributed by atoms with van der Waals surface area (Å²) in [5.74, 6) is 0. The van der Waals surface area contributed by atoms with E-state index in [4.69, 9.17) is 17.2 Å². The highest BCUT2D eigenvalue weighted by atomic mass is 16.2. The summed E-state index contributed by atoms with van der Waals surface area (Å²) in [5, 5.41) is 7.36. The summed E-state index contributed by atoms with van der Waals surface area (Å²) in [6.45, 7) is 0. The maximum absolute atomic E-state index is 11.1. The average Bonchev–Trinajstić information content (AvgIpc) is 2.18. The first-order chi connectivity index (χ1) is 8.35. The summed E-state index contributed by atoms with van der Waals surface area (Å²) in [6, 6.07) is -2.93. The van der Waals surface area contributed by atoms with Crippen LogP contribution in [0.3, 0.4) is 0 Å². The Kier molecular flexibility index (Phi) is 4.18. The molecule has 0 heterocycles. The third-order valence-corrected chi connectivity index (χ3v) is 2.92. The number of carbonyl (C=O) groups is 3. The summed E-state index contributed by atoms with van der Waals surface area (Å²) >= 11 is 0. The zero-order valence-electron chi connectivity index (χ0n) is 9.86. The summed E-state index contributed by atoms with van der Waals surface area (Å²) in [4.78, 5) is 33.1. The van der Waals surface area contributed by atoms with Crippen LogP contribution < -0.4 is 33.2 Å². The summed E-state index contributed by atoms with van der Waals surface area (Å²) in [6.07, 6.45) is 2.53. The molecule has 1 aliphatic carbocycles. The normalized spacial score (nSPS) is 21.7. The van der Waals surface area contributed by atoms with Crippen LogP contribution >= 0.6 is 0 Å². The van der Waals surface area contributed by atoms with Gasteiger partial charge in [-0.25, -0.2) is 14.4 Å². The van der Waals surface area contributed by atoms with E-state index in [1.807, 2.05) is 0 Å². The molecule has 9 nitrogen and oxygen atoms in total. The van der Waals surface area contributed by atoms with Gasteiger partial charge >= 0.3 is 18.1 Å². The van der Waals surface area contributed by atoms with Gasteiger partial charge in [0.1, 0.15) is 5.66 Å². The molecule has 1 rings (SSSR count). The van der Waals surface area contributed by atoms with Crippen molar-refractivity contribution in [2.75, 3.05) is 0 Å². The van der Waals surface area contributed by atoms with Crippen molar-refractivity contribution in [1.82, 2.24) is 16.0 Å². The quantitative estimate of drug-likeness (QED) is 0.344. The first-order valence-corrected chi connectivity index (χ1v) is 5.57. The van der Waals surface area contributed by atoms with Crippen molar-refractivity contribution in [3.63, 3.8) is 0 Å². The van der Waals surface area contributed by atoms with Crippen molar-refractivity contribution in [1.29, 1.82) is 0 Å². The van der Waals surface area contributed by atoms with Gasteiger partial charge in [-0.2, -0.15) is 0 Å². The SMILES string of the molecule is NC(=O)NC1CCCCC1(NC(N)=O)NC(N)=O. The third-order valence-electron chi connectivity index (χ3n) is 2.92. The minimum absolute atomic E-state index is 0.407. The number of hydrogen-bond acceptors (Lipinski definition) is 3. The lowest BCUT2D eigenvalue weighted by Gasteiger charge is -2.44. The number of rotatable bonds is 3. The lowest BCUT2D eigenvalue weighted by molar-refractivity contribution is 0.142. The molecule has 9 N–H and O–H groups in total. The molecule has 1 aliphatic rings. The molecule has 0 aromatic carbocycles. The highest BCUT2D eigenvalue weighted by molar-refractivity contribution is 5.77. The monoisotopic (exact) mass is 258 g/mol. The Balaban J connectivity index is 2.96. The van der Waals surface area contributed by atoms with Crippen molar-refractivity contribution >= 4 is 18.1 Å². The van der Waals surface area contributed by atoms with Gasteiger partial charge in [0.25, 0.3) is 0 Å². The first kappa shape index (κ1) is 13.9. The third kappa shape index (κ3) is 3.40. The molecule has 1 unspecified atom stereocenters. The minimum atomic E-state index is -1.19. The van der Waals surface area contributed by atoms with Crippen LogP contribution in [0.4, 0.5) is 14.4 Å². The lowest BCUT2D eigenvalue weighted by Crippen LogP contribution is -2.73. The zero-order valence-corrected chi connectivity index (χ0v) is 9.86. The fourth-order valence-electron chi connectivity index (χ4n) is 2.31. The molecular weight excluding hydrogens is 240 g/mol. The molecule has 9 heteroatoms. The van der Waals surface area contributed by atoms with Gasteiger partial charge in [0, 0.05) is 0 Å². The van der Waals surface area contributed by atoms with E-state index in [0.29, 0.717) is 12.8 Å². The fourth-order valence-corrected chi connectivity index (χ4v) is 2.31. The maximum Gasteiger partial charge on any atom is 0.314 e. The van der Waals surface area contributed by atoms with E-state index >= 15 is 0 Å². The van der Waals surface area contributed by atoms with E-state index in [9.17, 15) is 14.4 Å². The van der Waals surface area contributed by atoms with Crippen LogP contribution in [0, 0.1) is 0 Å². The molecule has 0 aliphatic heterocycles. The van der Waals surface area contributed by atoms with Gasteiger partial charge in [-0.1, -0.05) is 6.42 Å². The molecular formula is C9H18N6O3. The predicted octanol–water partition coefficient (Wildman–Crippen LogP) is -1.37. The molecule has 0 aromatic heterocycles. The molecule has 0 saturated heterocycles. The van der Waals surface area contributed by atoms with Gasteiger partial charge in [0.15, 0.2) is 0 Å². The van der Waals surface area contributed by atoms with E-state index in [2.05, 4.69) is 16.0 Å². The lowest BCUT2D eigenvalue weighted by atomic mass is 9.84. The maximum atomic E-state index is 11.1. The van der Waals surface area contributed by atoms with Gasteiger partial charge in [-0.15, -0.1) is 0 Å². The number of urea groups is 3. The molecule has 0 aromatic rings. The Hall–Kier alpha value is -2.19. The van der Waals surface area contributed by atoms with Crippen LogP contribution in [0.2, 0.25) is 0 Å². The van der Waals surface area contributed by atoms with Crippen molar-refractivity contribution < 1.29 is 14.4 Å². The van der Waals surface area contributed by atoms with Crippen molar-refractivity contribution in [2.24, 2.45) is 17.2 Å². The number of nitrogens with two attached hydrogens (primary N) is 3. The Labute approximate surface area is 104 Å². The molecule has 102 valence electrons. The van der Waals surface area contributed by atoms with Crippen molar-refractivity contribution in [3.8, 4) is 0 Å². The number of carbonyl (C=O) groups excluding carboxylic acids is 3.